The number of nitrogens with zero attached hydrogens (tertiary/aromatic N) is 1. The number of rotatable bonds is 6. The summed E-state index contributed by atoms with van der Waals surface area (Å²) >= 11 is 0. The van der Waals surface area contributed by atoms with Crippen LogP contribution in [0.2, 0.25) is 0 Å². The van der Waals surface area contributed by atoms with Crippen LogP contribution in [0.1, 0.15) is 56.1 Å². The number of ether oxygens (including phenoxy) is 2. The van der Waals surface area contributed by atoms with Gasteiger partial charge in [-0.3, -0.25) is 14.6 Å². The van der Waals surface area contributed by atoms with Crippen molar-refractivity contribution in [3.63, 3.8) is 0 Å². The lowest BCUT2D eigenvalue weighted by Gasteiger charge is -2.36. The van der Waals surface area contributed by atoms with E-state index in [2.05, 4.69) is 12.1 Å². The number of aliphatic imine (C=N–C) groups is 1. The number of carbonyl (C=O) groups excluding carboxylic acids is 2. The Labute approximate surface area is 189 Å². The van der Waals surface area contributed by atoms with E-state index in [1.807, 2.05) is 56.3 Å². The summed E-state index contributed by atoms with van der Waals surface area (Å²) in [4.78, 5) is 31.4. The van der Waals surface area contributed by atoms with E-state index in [4.69, 9.17) is 14.5 Å². The maximum Gasteiger partial charge on any atom is 0.315 e. The van der Waals surface area contributed by atoms with Crippen LogP contribution in [0.5, 0.6) is 5.75 Å². The zero-order valence-corrected chi connectivity index (χ0v) is 18.8. The Morgan fingerprint density at radius 3 is 2.53 bits per heavy atom. The lowest BCUT2D eigenvalue weighted by Crippen LogP contribution is -2.38. The van der Waals surface area contributed by atoms with Crippen LogP contribution in [0.4, 0.5) is 0 Å². The number of allylic oxidation sites excluding steroid dienone is 2. The summed E-state index contributed by atoms with van der Waals surface area (Å²) in [5.74, 6) is -0.539. The van der Waals surface area contributed by atoms with Crippen LogP contribution in [0.25, 0.3) is 0 Å². The number of esters is 1. The van der Waals surface area contributed by atoms with Gasteiger partial charge in [0.25, 0.3) is 0 Å². The normalized spacial score (nSPS) is 22.8. The average Bonchev–Trinajstić information content (AvgIpc) is 2.82. The van der Waals surface area contributed by atoms with E-state index in [9.17, 15) is 9.59 Å². The molecular weight excluding hydrogens is 402 g/mol. The van der Waals surface area contributed by atoms with Crippen LogP contribution in [0.3, 0.4) is 0 Å². The molecule has 2 aromatic rings. The first-order chi connectivity index (χ1) is 15.5. The minimum Gasteiger partial charge on any atom is -0.497 e. The second kappa shape index (κ2) is 9.51. The first kappa shape index (κ1) is 22.0. The number of hydrogen-bond acceptors (Lipinski definition) is 5. The van der Waals surface area contributed by atoms with Crippen molar-refractivity contribution in [1.82, 2.24) is 0 Å². The summed E-state index contributed by atoms with van der Waals surface area (Å²) in [7, 11) is 1.61. The molecule has 0 aromatic heterocycles. The van der Waals surface area contributed by atoms with E-state index in [-0.39, 0.29) is 17.7 Å². The Kier molecular flexibility index (Phi) is 6.54. The van der Waals surface area contributed by atoms with E-state index in [0.29, 0.717) is 36.5 Å². The summed E-state index contributed by atoms with van der Waals surface area (Å²) in [6.07, 6.45) is 1.83. The van der Waals surface area contributed by atoms with E-state index in [0.717, 1.165) is 23.2 Å². The van der Waals surface area contributed by atoms with Crippen molar-refractivity contribution >= 4 is 17.5 Å². The summed E-state index contributed by atoms with van der Waals surface area (Å²) in [6, 6.07) is 17.7. The molecule has 0 amide bonds. The zero-order chi connectivity index (χ0) is 22.7. The lowest BCUT2D eigenvalue weighted by molar-refractivity contribution is -0.146. The minimum absolute atomic E-state index is 0.0532. The molecule has 166 valence electrons. The fourth-order valence-electron chi connectivity index (χ4n) is 4.81. The molecule has 0 saturated carbocycles. The number of benzene rings is 2. The number of hydrogen-bond donors (Lipinski definition) is 0. The summed E-state index contributed by atoms with van der Waals surface area (Å²) in [6.45, 7) is 4.18. The first-order valence-corrected chi connectivity index (χ1v) is 11.2. The van der Waals surface area contributed by atoms with E-state index < -0.39 is 11.8 Å². The largest absolute Gasteiger partial charge is 0.497 e. The topological polar surface area (TPSA) is 65.0 Å². The van der Waals surface area contributed by atoms with Gasteiger partial charge in [0.2, 0.25) is 0 Å². The molecule has 0 spiro atoms. The highest BCUT2D eigenvalue weighted by Crippen LogP contribution is 2.47. The van der Waals surface area contributed by atoms with Crippen LogP contribution in [0, 0.1) is 5.92 Å². The second-order valence-corrected chi connectivity index (χ2v) is 8.45. The summed E-state index contributed by atoms with van der Waals surface area (Å²) in [5, 5.41) is 0. The van der Waals surface area contributed by atoms with Crippen LogP contribution < -0.4 is 4.74 Å². The van der Waals surface area contributed by atoms with Gasteiger partial charge in [-0.25, -0.2) is 0 Å². The molecule has 1 unspecified atom stereocenters. The van der Waals surface area contributed by atoms with Crippen molar-refractivity contribution < 1.29 is 19.1 Å². The molecular formula is C27H29NO4. The average molecular weight is 432 g/mol. The second-order valence-electron chi connectivity index (χ2n) is 8.45. The predicted molar refractivity (Wildman–Crippen MR) is 124 cm³/mol. The zero-order valence-electron chi connectivity index (χ0n) is 18.8. The van der Waals surface area contributed by atoms with Crippen molar-refractivity contribution in [2.45, 2.75) is 44.9 Å². The number of ketones is 1. The molecule has 0 fully saturated rings. The number of Topliss-reactive ketones (excluding diaryl/α,β-unsaturated/α-hetero) is 1. The molecule has 2 aromatic carbocycles. The van der Waals surface area contributed by atoms with Crippen LogP contribution in [0.15, 0.2) is 70.9 Å². The van der Waals surface area contributed by atoms with Gasteiger partial charge in [0.1, 0.15) is 11.7 Å². The molecule has 1 aliphatic heterocycles. The maximum absolute atomic E-state index is 13.5. The Balaban J connectivity index is 1.79. The van der Waals surface area contributed by atoms with Crippen molar-refractivity contribution in [3.05, 3.63) is 77.0 Å². The van der Waals surface area contributed by atoms with Gasteiger partial charge in [-0.1, -0.05) is 49.4 Å². The molecule has 1 aliphatic carbocycles. The highest BCUT2D eigenvalue weighted by atomic mass is 16.5. The van der Waals surface area contributed by atoms with E-state index in [1.165, 1.54) is 0 Å². The third-order valence-corrected chi connectivity index (χ3v) is 6.31. The molecule has 32 heavy (non-hydrogen) atoms. The summed E-state index contributed by atoms with van der Waals surface area (Å²) < 4.78 is 11.0. The van der Waals surface area contributed by atoms with Crippen LogP contribution in [-0.2, 0) is 14.3 Å². The Bertz CT molecular complexity index is 1070. The predicted octanol–water partition coefficient (Wildman–Crippen LogP) is 5.22. The molecule has 3 atom stereocenters. The lowest BCUT2D eigenvalue weighted by atomic mass is 9.69. The SMILES string of the molecule is CCCOC(=O)C1C(C)=NC2=C(C(=O)C[C@@H](c3ccccc3)C2)[C@H]1c1cccc(OC)c1. The van der Waals surface area contributed by atoms with Crippen molar-refractivity contribution in [3.8, 4) is 5.75 Å². The Morgan fingerprint density at radius 2 is 1.81 bits per heavy atom. The van der Waals surface area contributed by atoms with Gasteiger partial charge in [-0.2, -0.15) is 0 Å². The molecule has 4 rings (SSSR count). The highest BCUT2D eigenvalue weighted by molar-refractivity contribution is 6.09. The molecule has 0 saturated heterocycles. The van der Waals surface area contributed by atoms with E-state index >= 15 is 0 Å². The van der Waals surface area contributed by atoms with Crippen molar-refractivity contribution in [2.24, 2.45) is 10.9 Å². The standard InChI is InChI=1S/C27H29NO4/c1-4-13-32-27(30)24-17(2)28-22-15-20(18-9-6-5-7-10-18)16-23(29)26(22)25(24)19-11-8-12-21(14-19)31-3/h5-12,14,20,24-25H,4,13,15-16H2,1-3H3/t20-,24?,25-/m0/s1. The molecule has 1 heterocycles. The van der Waals surface area contributed by atoms with Crippen molar-refractivity contribution in [1.29, 1.82) is 0 Å². The monoisotopic (exact) mass is 431 g/mol. The fraction of sp³-hybridized carbons (Fsp3) is 0.370. The number of methoxy groups -OCH3 is 1. The Hall–Kier alpha value is -3.21. The van der Waals surface area contributed by atoms with Gasteiger partial charge >= 0.3 is 5.97 Å². The first-order valence-electron chi connectivity index (χ1n) is 11.2. The molecule has 2 aliphatic rings. The maximum atomic E-state index is 13.5. The van der Waals surface area contributed by atoms with Gasteiger partial charge < -0.3 is 9.47 Å². The molecule has 0 bridgehead atoms. The van der Waals surface area contributed by atoms with Gasteiger partial charge in [-0.15, -0.1) is 0 Å². The summed E-state index contributed by atoms with van der Waals surface area (Å²) in [5.41, 5.74) is 4.15. The highest BCUT2D eigenvalue weighted by Gasteiger charge is 2.44. The van der Waals surface area contributed by atoms with E-state index in [1.54, 1.807) is 7.11 Å². The smallest absolute Gasteiger partial charge is 0.315 e. The molecule has 0 radical (unpaired) electrons. The molecule has 5 nitrogen and oxygen atoms in total. The number of carbonyl (C=O) groups is 2. The molecule has 0 N–H and O–H groups in total. The quantitative estimate of drug-likeness (QED) is 0.588. The Morgan fingerprint density at radius 1 is 1.06 bits per heavy atom. The van der Waals surface area contributed by atoms with Gasteiger partial charge in [0.15, 0.2) is 5.78 Å². The van der Waals surface area contributed by atoms with Gasteiger partial charge in [-0.05, 0) is 48.9 Å². The fourth-order valence-corrected chi connectivity index (χ4v) is 4.81. The molecule has 5 heteroatoms. The van der Waals surface area contributed by atoms with Gasteiger partial charge in [0.05, 0.1) is 13.7 Å². The van der Waals surface area contributed by atoms with Crippen LogP contribution in [-0.4, -0.2) is 31.2 Å². The third kappa shape index (κ3) is 4.24. The van der Waals surface area contributed by atoms with Gasteiger partial charge in [0, 0.05) is 29.3 Å². The third-order valence-electron chi connectivity index (χ3n) is 6.31. The van der Waals surface area contributed by atoms with Crippen LogP contribution >= 0.6 is 0 Å². The minimum atomic E-state index is -0.621. The van der Waals surface area contributed by atoms with Crippen molar-refractivity contribution in [2.75, 3.05) is 13.7 Å².